The fourth-order valence-electron chi connectivity index (χ4n) is 1.94. The van der Waals surface area contributed by atoms with E-state index in [1.165, 1.54) is 0 Å². The van der Waals surface area contributed by atoms with Gasteiger partial charge < -0.3 is 4.90 Å². The van der Waals surface area contributed by atoms with Crippen molar-refractivity contribution in [1.82, 2.24) is 0 Å². The summed E-state index contributed by atoms with van der Waals surface area (Å²) in [5.74, 6) is 0.0690. The van der Waals surface area contributed by atoms with Crippen LogP contribution in [0.5, 0.6) is 0 Å². The van der Waals surface area contributed by atoms with Crippen molar-refractivity contribution in [3.63, 3.8) is 0 Å². The van der Waals surface area contributed by atoms with E-state index in [0.717, 1.165) is 10.2 Å². The fraction of sp³-hybridized carbons (Fsp3) is 0.333. The van der Waals surface area contributed by atoms with E-state index in [2.05, 4.69) is 15.9 Å². The number of hydrogen-bond acceptors (Lipinski definition) is 2. The Bertz CT molecular complexity index is 456. The van der Waals surface area contributed by atoms with Crippen molar-refractivity contribution < 1.29 is 9.59 Å². The number of carbonyl (C=O) groups excluding carboxylic acids is 2. The van der Waals surface area contributed by atoms with Crippen LogP contribution in [0.1, 0.15) is 30.1 Å². The number of amides is 1. The largest absolute Gasteiger partial charge is 0.312 e. The zero-order valence-electron chi connectivity index (χ0n) is 9.00. The van der Waals surface area contributed by atoms with Crippen LogP contribution in [-0.4, -0.2) is 18.2 Å². The Hall–Kier alpha value is -1.16. The van der Waals surface area contributed by atoms with Crippen LogP contribution in [0.3, 0.4) is 0 Å². The first-order chi connectivity index (χ1) is 7.63. The van der Waals surface area contributed by atoms with E-state index in [1.54, 1.807) is 11.0 Å². The summed E-state index contributed by atoms with van der Waals surface area (Å²) in [7, 11) is 0. The average molecular weight is 282 g/mol. The van der Waals surface area contributed by atoms with Crippen molar-refractivity contribution >= 4 is 33.3 Å². The highest BCUT2D eigenvalue weighted by Gasteiger charge is 2.25. The summed E-state index contributed by atoms with van der Waals surface area (Å²) < 4.78 is 0.882. The number of fused-ring (bicyclic) bond motifs is 1. The van der Waals surface area contributed by atoms with Gasteiger partial charge in [0.2, 0.25) is 5.91 Å². The van der Waals surface area contributed by atoms with E-state index < -0.39 is 0 Å². The molecule has 0 fully saturated rings. The van der Waals surface area contributed by atoms with Gasteiger partial charge in [0.15, 0.2) is 5.78 Å². The number of anilines is 1. The van der Waals surface area contributed by atoms with Gasteiger partial charge in [-0.15, -0.1) is 0 Å². The average Bonchev–Trinajstić information content (AvgIpc) is 2.37. The summed E-state index contributed by atoms with van der Waals surface area (Å²) in [4.78, 5) is 25.3. The molecule has 0 saturated carbocycles. The predicted octanol–water partition coefficient (Wildman–Crippen LogP) is 2.78. The molecule has 0 bridgehead atoms. The summed E-state index contributed by atoms with van der Waals surface area (Å²) in [6.45, 7) is 2.51. The van der Waals surface area contributed by atoms with Crippen LogP contribution in [0.2, 0.25) is 0 Å². The van der Waals surface area contributed by atoms with Gasteiger partial charge in [-0.2, -0.15) is 0 Å². The molecular formula is C12H12BrNO2. The second-order valence-corrected chi connectivity index (χ2v) is 4.64. The van der Waals surface area contributed by atoms with Gasteiger partial charge in [0.25, 0.3) is 0 Å². The quantitative estimate of drug-likeness (QED) is 0.794. The standard InChI is InChI=1S/C12H12BrNO2/c1-2-14-10-7-8(13)3-4-9(10)11(15)5-6-12(14)16/h3-4,7H,2,5-6H2,1H3. The van der Waals surface area contributed by atoms with Crippen LogP contribution < -0.4 is 4.90 Å². The third kappa shape index (κ3) is 1.89. The van der Waals surface area contributed by atoms with Crippen molar-refractivity contribution in [3.05, 3.63) is 28.2 Å². The highest BCUT2D eigenvalue weighted by Crippen LogP contribution is 2.29. The lowest BCUT2D eigenvalue weighted by molar-refractivity contribution is -0.118. The summed E-state index contributed by atoms with van der Waals surface area (Å²) in [6.07, 6.45) is 0.614. The van der Waals surface area contributed by atoms with Crippen molar-refractivity contribution in [1.29, 1.82) is 0 Å². The number of ketones is 1. The van der Waals surface area contributed by atoms with Gasteiger partial charge in [0.05, 0.1) is 5.69 Å². The van der Waals surface area contributed by atoms with E-state index >= 15 is 0 Å². The highest BCUT2D eigenvalue weighted by molar-refractivity contribution is 9.10. The minimum Gasteiger partial charge on any atom is -0.312 e. The van der Waals surface area contributed by atoms with Crippen LogP contribution >= 0.6 is 15.9 Å². The van der Waals surface area contributed by atoms with Crippen LogP contribution in [0.15, 0.2) is 22.7 Å². The summed E-state index contributed by atoms with van der Waals surface area (Å²) in [5, 5.41) is 0. The SMILES string of the molecule is CCN1C(=O)CCC(=O)c2ccc(Br)cc21. The molecule has 1 heterocycles. The van der Waals surface area contributed by atoms with Crippen molar-refractivity contribution in [3.8, 4) is 0 Å². The van der Waals surface area contributed by atoms with Gasteiger partial charge in [0.1, 0.15) is 0 Å². The van der Waals surface area contributed by atoms with Gasteiger partial charge in [0, 0.05) is 29.4 Å². The van der Waals surface area contributed by atoms with Crippen molar-refractivity contribution in [2.45, 2.75) is 19.8 Å². The molecule has 0 radical (unpaired) electrons. The molecule has 2 rings (SSSR count). The minimum atomic E-state index is 0.0210. The number of rotatable bonds is 1. The van der Waals surface area contributed by atoms with E-state index in [0.29, 0.717) is 24.9 Å². The number of benzene rings is 1. The lowest BCUT2D eigenvalue weighted by Crippen LogP contribution is -2.29. The maximum Gasteiger partial charge on any atom is 0.227 e. The molecule has 1 aromatic carbocycles. The Labute approximate surface area is 103 Å². The second kappa shape index (κ2) is 4.37. The molecule has 84 valence electrons. The zero-order chi connectivity index (χ0) is 11.7. The van der Waals surface area contributed by atoms with Crippen LogP contribution in [0.4, 0.5) is 5.69 Å². The van der Waals surface area contributed by atoms with Crippen LogP contribution in [0, 0.1) is 0 Å². The molecule has 1 amide bonds. The molecule has 1 aliphatic heterocycles. The van der Waals surface area contributed by atoms with Crippen molar-refractivity contribution in [2.75, 3.05) is 11.4 Å². The monoisotopic (exact) mass is 281 g/mol. The van der Waals surface area contributed by atoms with Gasteiger partial charge in [-0.1, -0.05) is 15.9 Å². The smallest absolute Gasteiger partial charge is 0.227 e. The number of halogens is 1. The molecule has 0 aromatic heterocycles. The number of Topliss-reactive ketones (excluding diaryl/α,β-unsaturated/α-hetero) is 1. The number of carbonyl (C=O) groups is 2. The molecule has 3 nitrogen and oxygen atoms in total. The molecule has 0 unspecified atom stereocenters. The second-order valence-electron chi connectivity index (χ2n) is 3.72. The van der Waals surface area contributed by atoms with Gasteiger partial charge in [-0.05, 0) is 25.1 Å². The van der Waals surface area contributed by atoms with Crippen LogP contribution in [-0.2, 0) is 4.79 Å². The first-order valence-corrected chi connectivity index (χ1v) is 6.06. The van der Waals surface area contributed by atoms with Crippen molar-refractivity contribution in [2.24, 2.45) is 0 Å². The summed E-state index contributed by atoms with van der Waals surface area (Å²) in [5.41, 5.74) is 1.38. The Morgan fingerprint density at radius 2 is 2.06 bits per heavy atom. The van der Waals surface area contributed by atoms with Gasteiger partial charge in [-0.3, -0.25) is 9.59 Å². The van der Waals surface area contributed by atoms with Gasteiger partial charge in [-0.25, -0.2) is 0 Å². The minimum absolute atomic E-state index is 0.0210. The Morgan fingerprint density at radius 3 is 2.75 bits per heavy atom. The third-order valence-electron chi connectivity index (χ3n) is 2.73. The number of nitrogens with zero attached hydrogens (tertiary/aromatic N) is 1. The lowest BCUT2D eigenvalue weighted by Gasteiger charge is -2.20. The molecule has 0 saturated heterocycles. The van der Waals surface area contributed by atoms with Crippen LogP contribution in [0.25, 0.3) is 0 Å². The van der Waals surface area contributed by atoms with E-state index in [1.807, 2.05) is 19.1 Å². The van der Waals surface area contributed by atoms with E-state index in [9.17, 15) is 9.59 Å². The molecular weight excluding hydrogens is 270 g/mol. The third-order valence-corrected chi connectivity index (χ3v) is 3.23. The fourth-order valence-corrected chi connectivity index (χ4v) is 2.28. The Morgan fingerprint density at radius 1 is 1.31 bits per heavy atom. The normalized spacial score (nSPS) is 16.0. The zero-order valence-corrected chi connectivity index (χ0v) is 10.6. The lowest BCUT2D eigenvalue weighted by atomic mass is 10.1. The van der Waals surface area contributed by atoms with Gasteiger partial charge >= 0.3 is 0 Å². The molecule has 0 atom stereocenters. The molecule has 0 aliphatic carbocycles. The molecule has 1 aliphatic rings. The molecule has 4 heteroatoms. The topological polar surface area (TPSA) is 37.4 Å². The summed E-state index contributed by atoms with van der Waals surface area (Å²) in [6, 6.07) is 5.45. The first-order valence-electron chi connectivity index (χ1n) is 5.26. The predicted molar refractivity (Wildman–Crippen MR) is 65.7 cm³/mol. The first kappa shape index (κ1) is 11.3. The summed E-state index contributed by atoms with van der Waals surface area (Å²) >= 11 is 3.36. The molecule has 0 N–H and O–H groups in total. The molecule has 0 spiro atoms. The maximum absolute atomic E-state index is 11.8. The molecule has 16 heavy (non-hydrogen) atoms. The van der Waals surface area contributed by atoms with E-state index in [-0.39, 0.29) is 11.7 Å². The maximum atomic E-state index is 11.8. The van der Waals surface area contributed by atoms with E-state index in [4.69, 9.17) is 0 Å². The Kier molecular flexibility index (Phi) is 3.10. The highest BCUT2D eigenvalue weighted by atomic mass is 79.9. The number of hydrogen-bond donors (Lipinski definition) is 0. The Balaban J connectivity index is 2.59. The molecule has 1 aromatic rings.